The molecule has 0 aromatic heterocycles. The van der Waals surface area contributed by atoms with E-state index in [1.54, 1.807) is 0 Å². The van der Waals surface area contributed by atoms with Crippen LogP contribution in [0.5, 0.6) is 0 Å². The van der Waals surface area contributed by atoms with Crippen molar-refractivity contribution < 1.29 is 9.53 Å². The molecule has 2 atom stereocenters. The summed E-state index contributed by atoms with van der Waals surface area (Å²) in [6, 6.07) is 10.3. The van der Waals surface area contributed by atoms with Crippen molar-refractivity contribution in [3.63, 3.8) is 0 Å². The molecule has 0 bridgehead atoms. The molecule has 3 rings (SSSR count). The third-order valence-electron chi connectivity index (χ3n) is 4.27. The number of ether oxygens (including phenoxy) is 1. The molecule has 0 saturated carbocycles. The van der Waals surface area contributed by atoms with Gasteiger partial charge in [-0.3, -0.25) is 4.79 Å². The normalized spacial score (nSPS) is 25.7. The average molecular weight is 274 g/mol. The molecule has 1 aromatic carbocycles. The number of nitrogens with one attached hydrogen (secondary N) is 1. The van der Waals surface area contributed by atoms with Crippen LogP contribution in [0.4, 0.5) is 0 Å². The topological polar surface area (TPSA) is 41.6 Å². The third kappa shape index (κ3) is 3.19. The van der Waals surface area contributed by atoms with Crippen LogP contribution in [0.1, 0.15) is 12.0 Å². The van der Waals surface area contributed by atoms with Crippen LogP contribution in [0.3, 0.4) is 0 Å². The molecule has 2 heterocycles. The first kappa shape index (κ1) is 13.6. The largest absolute Gasteiger partial charge is 0.377 e. The van der Waals surface area contributed by atoms with Gasteiger partial charge in [0.25, 0.3) is 0 Å². The highest BCUT2D eigenvalue weighted by atomic mass is 16.5. The number of rotatable bonds is 6. The monoisotopic (exact) mass is 274 g/mol. The van der Waals surface area contributed by atoms with Crippen LogP contribution in [0.15, 0.2) is 30.3 Å². The van der Waals surface area contributed by atoms with Gasteiger partial charge in [-0.05, 0) is 12.0 Å². The molecule has 0 aliphatic carbocycles. The summed E-state index contributed by atoms with van der Waals surface area (Å²) in [4.78, 5) is 14.0. The minimum atomic E-state index is 0.236. The molecule has 4 nitrogen and oxygen atoms in total. The van der Waals surface area contributed by atoms with Crippen molar-refractivity contribution in [1.82, 2.24) is 10.2 Å². The number of carbonyl (C=O) groups excluding carboxylic acids is 1. The van der Waals surface area contributed by atoms with Crippen molar-refractivity contribution in [3.8, 4) is 0 Å². The molecule has 0 radical (unpaired) electrons. The number of carbonyl (C=O) groups is 1. The molecule has 1 aromatic rings. The first-order valence-corrected chi connectivity index (χ1v) is 7.44. The standard InChI is InChI=1S/C16H22N2O2/c19-16-15-11-18(10-14(15)9-17-16)7-4-8-20-12-13-5-2-1-3-6-13/h1-3,5-6,14-15H,4,7-12H2,(H,17,19)/t14-,15+/m0/s1. The maximum atomic E-state index is 11.6. The summed E-state index contributed by atoms with van der Waals surface area (Å²) in [6.45, 7) is 5.36. The quantitative estimate of drug-likeness (QED) is 0.794. The predicted octanol–water partition coefficient (Wildman–Crippen LogP) is 1.27. The van der Waals surface area contributed by atoms with Crippen LogP contribution in [-0.4, -0.2) is 43.6 Å². The Bertz CT molecular complexity index is 449. The smallest absolute Gasteiger partial charge is 0.224 e. The summed E-state index contributed by atoms with van der Waals surface area (Å²) in [5.74, 6) is 1.02. The summed E-state index contributed by atoms with van der Waals surface area (Å²) in [6.07, 6.45) is 1.04. The first-order valence-electron chi connectivity index (χ1n) is 7.44. The molecule has 20 heavy (non-hydrogen) atoms. The second kappa shape index (κ2) is 6.37. The van der Waals surface area contributed by atoms with Gasteiger partial charge >= 0.3 is 0 Å². The molecule has 1 N–H and O–H groups in total. The second-order valence-electron chi connectivity index (χ2n) is 5.76. The molecular weight excluding hydrogens is 252 g/mol. The van der Waals surface area contributed by atoms with Crippen molar-refractivity contribution in [2.24, 2.45) is 11.8 Å². The fourth-order valence-electron chi connectivity index (χ4n) is 3.16. The van der Waals surface area contributed by atoms with E-state index in [2.05, 4.69) is 22.3 Å². The van der Waals surface area contributed by atoms with Crippen LogP contribution in [0.2, 0.25) is 0 Å². The number of benzene rings is 1. The fraction of sp³-hybridized carbons (Fsp3) is 0.562. The van der Waals surface area contributed by atoms with E-state index in [-0.39, 0.29) is 11.8 Å². The van der Waals surface area contributed by atoms with Gasteiger partial charge in [-0.1, -0.05) is 30.3 Å². The summed E-state index contributed by atoms with van der Waals surface area (Å²) >= 11 is 0. The Morgan fingerprint density at radius 1 is 1.25 bits per heavy atom. The lowest BCUT2D eigenvalue weighted by Crippen LogP contribution is -2.29. The van der Waals surface area contributed by atoms with Crippen molar-refractivity contribution in [1.29, 1.82) is 0 Å². The van der Waals surface area contributed by atoms with E-state index in [4.69, 9.17) is 4.74 Å². The van der Waals surface area contributed by atoms with E-state index < -0.39 is 0 Å². The molecular formula is C16H22N2O2. The highest BCUT2D eigenvalue weighted by Crippen LogP contribution is 2.27. The Balaban J connectivity index is 1.30. The molecule has 1 amide bonds. The van der Waals surface area contributed by atoms with Crippen molar-refractivity contribution in [3.05, 3.63) is 35.9 Å². The molecule has 2 aliphatic rings. The van der Waals surface area contributed by atoms with Crippen LogP contribution >= 0.6 is 0 Å². The van der Waals surface area contributed by atoms with Gasteiger partial charge in [0.05, 0.1) is 12.5 Å². The number of amides is 1. The highest BCUT2D eigenvalue weighted by molar-refractivity contribution is 5.81. The van der Waals surface area contributed by atoms with E-state index in [0.717, 1.165) is 39.2 Å². The van der Waals surface area contributed by atoms with Crippen molar-refractivity contribution in [2.75, 3.05) is 32.8 Å². The summed E-state index contributed by atoms with van der Waals surface area (Å²) in [7, 11) is 0. The van der Waals surface area contributed by atoms with Crippen LogP contribution in [-0.2, 0) is 16.1 Å². The van der Waals surface area contributed by atoms with Gasteiger partial charge < -0.3 is 15.0 Å². The Hall–Kier alpha value is -1.39. The van der Waals surface area contributed by atoms with Gasteiger partial charge in [-0.2, -0.15) is 0 Å². The van der Waals surface area contributed by atoms with Crippen molar-refractivity contribution >= 4 is 5.91 Å². The molecule has 0 spiro atoms. The zero-order chi connectivity index (χ0) is 13.8. The van der Waals surface area contributed by atoms with E-state index in [9.17, 15) is 4.79 Å². The summed E-state index contributed by atoms with van der Waals surface area (Å²) in [5, 5.41) is 2.95. The van der Waals surface area contributed by atoms with Crippen molar-refractivity contribution in [2.45, 2.75) is 13.0 Å². The number of likely N-dealkylation sites (tertiary alicyclic amines) is 1. The van der Waals surface area contributed by atoms with E-state index in [1.807, 2.05) is 18.2 Å². The van der Waals surface area contributed by atoms with E-state index >= 15 is 0 Å². The second-order valence-corrected chi connectivity index (χ2v) is 5.76. The van der Waals surface area contributed by atoms with Gasteiger partial charge in [0.2, 0.25) is 5.91 Å². The summed E-state index contributed by atoms with van der Waals surface area (Å²) < 4.78 is 5.69. The predicted molar refractivity (Wildman–Crippen MR) is 77.1 cm³/mol. The summed E-state index contributed by atoms with van der Waals surface area (Å²) in [5.41, 5.74) is 1.22. The lowest BCUT2D eigenvalue weighted by molar-refractivity contribution is -0.122. The number of hydrogen-bond donors (Lipinski definition) is 1. The number of fused-ring (bicyclic) bond motifs is 1. The SMILES string of the molecule is O=C1NC[C@H]2CN(CCCOCc3ccccc3)C[C@@H]12. The molecule has 2 saturated heterocycles. The third-order valence-corrected chi connectivity index (χ3v) is 4.27. The van der Waals surface area contributed by atoms with Crippen LogP contribution in [0.25, 0.3) is 0 Å². The molecule has 2 aliphatic heterocycles. The Morgan fingerprint density at radius 2 is 2.10 bits per heavy atom. The zero-order valence-electron chi connectivity index (χ0n) is 11.8. The van der Waals surface area contributed by atoms with E-state index in [1.165, 1.54) is 5.56 Å². The zero-order valence-corrected chi connectivity index (χ0v) is 11.8. The van der Waals surface area contributed by atoms with Gasteiger partial charge in [0.15, 0.2) is 0 Å². The molecule has 4 heteroatoms. The Kier molecular flexibility index (Phi) is 4.33. The number of nitrogens with zero attached hydrogens (tertiary/aromatic N) is 1. The minimum Gasteiger partial charge on any atom is -0.377 e. The molecule has 0 unspecified atom stereocenters. The Morgan fingerprint density at radius 3 is 2.90 bits per heavy atom. The van der Waals surface area contributed by atoms with Gasteiger partial charge in [0, 0.05) is 38.7 Å². The fourth-order valence-corrected chi connectivity index (χ4v) is 3.16. The lowest BCUT2D eigenvalue weighted by atomic mass is 10.0. The van der Waals surface area contributed by atoms with Crippen LogP contribution in [0, 0.1) is 11.8 Å². The first-order chi connectivity index (χ1) is 9.83. The maximum absolute atomic E-state index is 11.6. The lowest BCUT2D eigenvalue weighted by Gasteiger charge is -2.16. The molecule has 108 valence electrons. The Labute approximate surface area is 120 Å². The van der Waals surface area contributed by atoms with Gasteiger partial charge in [-0.15, -0.1) is 0 Å². The van der Waals surface area contributed by atoms with E-state index in [0.29, 0.717) is 12.5 Å². The van der Waals surface area contributed by atoms with Crippen LogP contribution < -0.4 is 5.32 Å². The number of hydrogen-bond acceptors (Lipinski definition) is 3. The minimum absolute atomic E-state index is 0.236. The highest BCUT2D eigenvalue weighted by Gasteiger charge is 2.41. The average Bonchev–Trinajstić information content (AvgIpc) is 3.02. The maximum Gasteiger partial charge on any atom is 0.224 e. The van der Waals surface area contributed by atoms with Gasteiger partial charge in [0.1, 0.15) is 0 Å². The van der Waals surface area contributed by atoms with Gasteiger partial charge in [-0.25, -0.2) is 0 Å². The molecule has 2 fully saturated rings.